The lowest BCUT2D eigenvalue weighted by Crippen LogP contribution is -2.19. The predicted molar refractivity (Wildman–Crippen MR) is 117 cm³/mol. The number of hydrogen-bond donors (Lipinski definition) is 2. The summed E-state index contributed by atoms with van der Waals surface area (Å²) in [4.78, 5) is 29.1. The third-order valence-electron chi connectivity index (χ3n) is 5.03. The maximum Gasteiger partial charge on any atom is 0.251 e. The van der Waals surface area contributed by atoms with Gasteiger partial charge in [0, 0.05) is 43.3 Å². The lowest BCUT2D eigenvalue weighted by Gasteiger charge is -2.12. The van der Waals surface area contributed by atoms with Crippen LogP contribution in [0.2, 0.25) is 0 Å². The summed E-state index contributed by atoms with van der Waals surface area (Å²) in [7, 11) is 1.43. The standard InChI is InChI=1S/C23H20F2N6O/c1-13-3-4-15(11-29-13)18-10-19(31-12-30-18)27-7-5-14-9-17(24)21(25)20-16(23(32)26-2)6-8-28-22(14)20/h3-4,6,8-12H,5,7H2,1-2H3,(H,26,32)(H,27,30,31). The fraction of sp³-hybridized carbons (Fsp3) is 0.174. The fourth-order valence-electron chi connectivity index (χ4n) is 3.40. The monoisotopic (exact) mass is 434 g/mol. The molecule has 0 radical (unpaired) electrons. The molecule has 0 unspecified atom stereocenters. The highest BCUT2D eigenvalue weighted by Crippen LogP contribution is 2.27. The molecule has 9 heteroatoms. The number of hydrogen-bond acceptors (Lipinski definition) is 6. The van der Waals surface area contributed by atoms with Crippen LogP contribution in [0.5, 0.6) is 0 Å². The summed E-state index contributed by atoms with van der Waals surface area (Å²) >= 11 is 0. The van der Waals surface area contributed by atoms with Gasteiger partial charge in [0.05, 0.1) is 22.2 Å². The molecule has 32 heavy (non-hydrogen) atoms. The molecular formula is C23H20F2N6O. The molecule has 162 valence electrons. The van der Waals surface area contributed by atoms with Crippen LogP contribution in [0.1, 0.15) is 21.6 Å². The quantitative estimate of drug-likeness (QED) is 0.481. The summed E-state index contributed by atoms with van der Waals surface area (Å²) < 4.78 is 28.8. The number of pyridine rings is 2. The van der Waals surface area contributed by atoms with E-state index in [0.717, 1.165) is 17.3 Å². The SMILES string of the molecule is CNC(=O)c1ccnc2c(CCNc3cc(-c4ccc(C)nc4)ncn3)cc(F)c(F)c12. The van der Waals surface area contributed by atoms with Crippen molar-refractivity contribution >= 4 is 22.6 Å². The number of carbonyl (C=O) groups is 1. The molecule has 2 N–H and O–H groups in total. The minimum atomic E-state index is -1.09. The van der Waals surface area contributed by atoms with Gasteiger partial charge in [0.25, 0.3) is 5.91 Å². The number of nitrogens with zero attached hydrogens (tertiary/aromatic N) is 4. The zero-order valence-corrected chi connectivity index (χ0v) is 17.5. The number of carbonyl (C=O) groups excluding carboxylic acids is 1. The summed E-state index contributed by atoms with van der Waals surface area (Å²) in [6.45, 7) is 2.29. The van der Waals surface area contributed by atoms with Crippen LogP contribution in [0.25, 0.3) is 22.2 Å². The van der Waals surface area contributed by atoms with E-state index >= 15 is 0 Å². The average molecular weight is 434 g/mol. The Balaban J connectivity index is 1.57. The first-order valence-corrected chi connectivity index (χ1v) is 9.94. The van der Waals surface area contributed by atoms with Gasteiger partial charge in [-0.2, -0.15) is 0 Å². The largest absolute Gasteiger partial charge is 0.370 e. The first-order valence-electron chi connectivity index (χ1n) is 9.94. The van der Waals surface area contributed by atoms with Crippen molar-refractivity contribution in [1.29, 1.82) is 0 Å². The molecule has 3 heterocycles. The highest BCUT2D eigenvalue weighted by molar-refractivity contribution is 6.06. The van der Waals surface area contributed by atoms with Gasteiger partial charge in [-0.05, 0) is 43.2 Å². The third kappa shape index (κ3) is 4.22. The van der Waals surface area contributed by atoms with E-state index in [1.165, 1.54) is 25.6 Å². The smallest absolute Gasteiger partial charge is 0.251 e. The van der Waals surface area contributed by atoms with Crippen molar-refractivity contribution in [3.63, 3.8) is 0 Å². The number of halogens is 2. The Morgan fingerprint density at radius 1 is 1.06 bits per heavy atom. The van der Waals surface area contributed by atoms with Crippen molar-refractivity contribution in [3.05, 3.63) is 77.5 Å². The van der Waals surface area contributed by atoms with Gasteiger partial charge in [0.15, 0.2) is 11.6 Å². The zero-order chi connectivity index (χ0) is 22.7. The van der Waals surface area contributed by atoms with E-state index in [1.54, 1.807) is 12.3 Å². The third-order valence-corrected chi connectivity index (χ3v) is 5.03. The van der Waals surface area contributed by atoms with E-state index in [4.69, 9.17) is 0 Å². The van der Waals surface area contributed by atoms with Crippen LogP contribution in [0, 0.1) is 18.6 Å². The molecule has 0 aliphatic heterocycles. The maximum absolute atomic E-state index is 14.5. The molecule has 0 saturated carbocycles. The van der Waals surface area contributed by atoms with E-state index in [9.17, 15) is 13.6 Å². The fourth-order valence-corrected chi connectivity index (χ4v) is 3.40. The van der Waals surface area contributed by atoms with E-state index in [-0.39, 0.29) is 16.5 Å². The molecule has 1 amide bonds. The minimum Gasteiger partial charge on any atom is -0.370 e. The summed E-state index contributed by atoms with van der Waals surface area (Å²) in [6, 6.07) is 8.10. The Morgan fingerprint density at radius 2 is 1.91 bits per heavy atom. The Bertz CT molecular complexity index is 1290. The van der Waals surface area contributed by atoms with Crippen LogP contribution >= 0.6 is 0 Å². The second-order valence-corrected chi connectivity index (χ2v) is 7.15. The van der Waals surface area contributed by atoms with E-state index < -0.39 is 17.5 Å². The summed E-state index contributed by atoms with van der Waals surface area (Å²) in [5, 5.41) is 5.48. The molecule has 7 nitrogen and oxygen atoms in total. The lowest BCUT2D eigenvalue weighted by molar-refractivity contribution is 0.0964. The van der Waals surface area contributed by atoms with Gasteiger partial charge in [-0.1, -0.05) is 0 Å². The molecule has 0 fully saturated rings. The van der Waals surface area contributed by atoms with Gasteiger partial charge in [0.2, 0.25) is 0 Å². The number of benzene rings is 1. The first kappa shape index (κ1) is 21.2. The summed E-state index contributed by atoms with van der Waals surface area (Å²) in [6.07, 6.45) is 4.93. The van der Waals surface area contributed by atoms with E-state index in [2.05, 4.69) is 30.6 Å². The Hall–Kier alpha value is -4.01. The number of fused-ring (bicyclic) bond motifs is 1. The summed E-state index contributed by atoms with van der Waals surface area (Å²) in [5.74, 6) is -2.04. The van der Waals surface area contributed by atoms with Gasteiger partial charge >= 0.3 is 0 Å². The van der Waals surface area contributed by atoms with Crippen LogP contribution < -0.4 is 10.6 Å². The average Bonchev–Trinajstić information content (AvgIpc) is 2.82. The van der Waals surface area contributed by atoms with Gasteiger partial charge in [-0.25, -0.2) is 18.7 Å². The Labute approximate surface area is 183 Å². The molecule has 0 aliphatic rings. The van der Waals surface area contributed by atoms with Crippen molar-refractivity contribution in [1.82, 2.24) is 25.3 Å². The van der Waals surface area contributed by atoms with Crippen molar-refractivity contribution in [2.45, 2.75) is 13.3 Å². The van der Waals surface area contributed by atoms with Crippen molar-refractivity contribution in [2.75, 3.05) is 18.9 Å². The number of aromatic nitrogens is 4. The first-order chi connectivity index (χ1) is 15.5. The lowest BCUT2D eigenvalue weighted by atomic mass is 10.0. The molecule has 0 bridgehead atoms. The van der Waals surface area contributed by atoms with Crippen LogP contribution in [0.15, 0.2) is 49.1 Å². The van der Waals surface area contributed by atoms with Gasteiger partial charge < -0.3 is 10.6 Å². The number of aryl methyl sites for hydroxylation is 1. The van der Waals surface area contributed by atoms with Crippen LogP contribution in [-0.2, 0) is 6.42 Å². The molecule has 0 atom stereocenters. The Morgan fingerprint density at radius 3 is 2.66 bits per heavy atom. The van der Waals surface area contributed by atoms with Crippen molar-refractivity contribution in [2.24, 2.45) is 0 Å². The van der Waals surface area contributed by atoms with Crippen molar-refractivity contribution < 1.29 is 13.6 Å². The van der Waals surface area contributed by atoms with Crippen molar-refractivity contribution in [3.8, 4) is 11.3 Å². The number of anilines is 1. The topological polar surface area (TPSA) is 92.7 Å². The van der Waals surface area contributed by atoms with Crippen LogP contribution in [-0.4, -0.2) is 39.4 Å². The maximum atomic E-state index is 14.5. The number of amides is 1. The van der Waals surface area contributed by atoms with Crippen LogP contribution in [0.3, 0.4) is 0 Å². The van der Waals surface area contributed by atoms with Gasteiger partial charge in [0.1, 0.15) is 12.1 Å². The molecule has 3 aromatic heterocycles. The normalized spacial score (nSPS) is 10.9. The zero-order valence-electron chi connectivity index (χ0n) is 17.5. The van der Waals surface area contributed by atoms with E-state index in [0.29, 0.717) is 30.0 Å². The molecule has 0 aliphatic carbocycles. The second-order valence-electron chi connectivity index (χ2n) is 7.15. The molecule has 0 spiro atoms. The molecule has 0 saturated heterocycles. The molecule has 4 aromatic rings. The highest BCUT2D eigenvalue weighted by Gasteiger charge is 2.19. The molecular weight excluding hydrogens is 414 g/mol. The molecule has 4 rings (SSSR count). The molecule has 1 aromatic carbocycles. The van der Waals surface area contributed by atoms with Gasteiger partial charge in [-0.15, -0.1) is 0 Å². The Kier molecular flexibility index (Phi) is 5.98. The van der Waals surface area contributed by atoms with E-state index in [1.807, 2.05) is 19.1 Å². The predicted octanol–water partition coefficient (Wildman–Crippen LogP) is 3.69. The summed E-state index contributed by atoms with van der Waals surface area (Å²) in [5.41, 5.74) is 3.25. The highest BCUT2D eigenvalue weighted by atomic mass is 19.2. The number of nitrogens with one attached hydrogen (secondary N) is 2. The van der Waals surface area contributed by atoms with Gasteiger partial charge in [-0.3, -0.25) is 14.8 Å². The number of rotatable bonds is 6. The van der Waals surface area contributed by atoms with Crippen LogP contribution in [0.4, 0.5) is 14.6 Å². The minimum absolute atomic E-state index is 0.0378. The second kappa shape index (κ2) is 9.01.